The van der Waals surface area contributed by atoms with Gasteiger partial charge < -0.3 is 14.8 Å². The zero-order valence-corrected chi connectivity index (χ0v) is 11.1. The molecule has 0 amide bonds. The Morgan fingerprint density at radius 3 is 2.44 bits per heavy atom. The fraction of sp³-hybridized carbons (Fsp3) is 0.917. The van der Waals surface area contributed by atoms with E-state index in [2.05, 4.69) is 12.2 Å². The van der Waals surface area contributed by atoms with Crippen LogP contribution < -0.4 is 5.32 Å². The molecule has 96 valence electrons. The van der Waals surface area contributed by atoms with Gasteiger partial charge in [0.2, 0.25) is 0 Å². The first kappa shape index (κ1) is 15.4. The first-order valence-electron chi connectivity index (χ1n) is 5.94. The van der Waals surface area contributed by atoms with E-state index in [0.29, 0.717) is 19.6 Å². The first-order chi connectivity index (χ1) is 7.46. The second-order valence-electron chi connectivity index (χ2n) is 4.34. The minimum absolute atomic E-state index is 0.118. The molecule has 0 aromatic heterocycles. The van der Waals surface area contributed by atoms with E-state index >= 15 is 0 Å². The Bertz CT molecular complexity index is 204. The molecule has 1 atom stereocenters. The number of carbonyl (C=O) groups is 1. The molecular formula is C12H25NO3. The SMILES string of the molecule is CCOC(=O)C(CCOC(C)(C)CC)NC. The zero-order chi connectivity index (χ0) is 12.6. The van der Waals surface area contributed by atoms with Crippen molar-refractivity contribution in [3.8, 4) is 0 Å². The first-order valence-corrected chi connectivity index (χ1v) is 5.94. The molecule has 0 heterocycles. The van der Waals surface area contributed by atoms with E-state index in [0.717, 1.165) is 6.42 Å². The molecule has 0 aliphatic carbocycles. The summed E-state index contributed by atoms with van der Waals surface area (Å²) in [5, 5.41) is 2.94. The topological polar surface area (TPSA) is 47.6 Å². The number of likely N-dealkylation sites (N-methyl/N-ethyl adjacent to an activating group) is 1. The maximum Gasteiger partial charge on any atom is 0.323 e. The lowest BCUT2D eigenvalue weighted by molar-refractivity contribution is -0.146. The molecule has 16 heavy (non-hydrogen) atoms. The van der Waals surface area contributed by atoms with E-state index in [9.17, 15) is 4.79 Å². The van der Waals surface area contributed by atoms with E-state index in [-0.39, 0.29) is 17.6 Å². The van der Waals surface area contributed by atoms with Crippen molar-refractivity contribution in [3.05, 3.63) is 0 Å². The number of rotatable bonds is 8. The van der Waals surface area contributed by atoms with Gasteiger partial charge in [-0.3, -0.25) is 4.79 Å². The Morgan fingerprint density at radius 2 is 2.00 bits per heavy atom. The molecule has 0 saturated carbocycles. The van der Waals surface area contributed by atoms with Crippen molar-refractivity contribution >= 4 is 5.97 Å². The largest absolute Gasteiger partial charge is 0.465 e. The van der Waals surface area contributed by atoms with E-state index in [1.165, 1.54) is 0 Å². The van der Waals surface area contributed by atoms with Crippen LogP contribution in [0.2, 0.25) is 0 Å². The van der Waals surface area contributed by atoms with Crippen LogP contribution in [0.15, 0.2) is 0 Å². The summed E-state index contributed by atoms with van der Waals surface area (Å²) in [6, 6.07) is -0.271. The van der Waals surface area contributed by atoms with Crippen molar-refractivity contribution in [2.45, 2.75) is 52.2 Å². The van der Waals surface area contributed by atoms with Gasteiger partial charge in [-0.25, -0.2) is 0 Å². The van der Waals surface area contributed by atoms with Gasteiger partial charge in [0, 0.05) is 6.61 Å². The van der Waals surface area contributed by atoms with Crippen LogP contribution in [0, 0.1) is 0 Å². The number of esters is 1. The van der Waals surface area contributed by atoms with Crippen LogP contribution in [0.25, 0.3) is 0 Å². The van der Waals surface area contributed by atoms with E-state index < -0.39 is 0 Å². The summed E-state index contributed by atoms with van der Waals surface area (Å²) in [6.45, 7) is 8.96. The van der Waals surface area contributed by atoms with Gasteiger partial charge in [0.1, 0.15) is 6.04 Å². The molecule has 0 aliphatic heterocycles. The van der Waals surface area contributed by atoms with Gasteiger partial charge in [-0.05, 0) is 40.7 Å². The standard InChI is InChI=1S/C12H25NO3/c1-6-12(3,4)16-9-8-10(13-5)11(14)15-7-2/h10,13H,6-9H2,1-5H3. The summed E-state index contributed by atoms with van der Waals surface area (Å²) in [5.41, 5.74) is -0.118. The highest BCUT2D eigenvalue weighted by atomic mass is 16.5. The average Bonchev–Trinajstić information content (AvgIpc) is 2.24. The summed E-state index contributed by atoms with van der Waals surface area (Å²) in [4.78, 5) is 11.5. The highest BCUT2D eigenvalue weighted by Gasteiger charge is 2.20. The van der Waals surface area contributed by atoms with Crippen molar-refractivity contribution < 1.29 is 14.3 Å². The Balaban J connectivity index is 3.92. The lowest BCUT2D eigenvalue weighted by Crippen LogP contribution is -2.37. The third-order valence-electron chi connectivity index (χ3n) is 2.67. The minimum Gasteiger partial charge on any atom is -0.465 e. The Hall–Kier alpha value is -0.610. The van der Waals surface area contributed by atoms with Gasteiger partial charge >= 0.3 is 5.97 Å². The average molecular weight is 231 g/mol. The number of hydrogen-bond acceptors (Lipinski definition) is 4. The molecule has 0 aliphatic rings. The van der Waals surface area contributed by atoms with Gasteiger partial charge in [0.25, 0.3) is 0 Å². The minimum atomic E-state index is -0.271. The van der Waals surface area contributed by atoms with Gasteiger partial charge in [-0.15, -0.1) is 0 Å². The summed E-state index contributed by atoms with van der Waals surface area (Å²) < 4.78 is 10.6. The molecule has 4 nitrogen and oxygen atoms in total. The molecule has 0 spiro atoms. The number of hydrogen-bond donors (Lipinski definition) is 1. The second-order valence-corrected chi connectivity index (χ2v) is 4.34. The van der Waals surface area contributed by atoms with Crippen molar-refractivity contribution in [3.63, 3.8) is 0 Å². The molecular weight excluding hydrogens is 206 g/mol. The lowest BCUT2D eigenvalue weighted by Gasteiger charge is -2.24. The maximum absolute atomic E-state index is 11.5. The number of nitrogens with one attached hydrogen (secondary N) is 1. The summed E-state index contributed by atoms with van der Waals surface area (Å²) >= 11 is 0. The molecule has 0 fully saturated rings. The predicted octanol–water partition coefficient (Wildman–Crippen LogP) is 1.73. The van der Waals surface area contributed by atoms with Crippen molar-refractivity contribution in [1.29, 1.82) is 0 Å². The quantitative estimate of drug-likeness (QED) is 0.646. The molecule has 0 aromatic rings. The fourth-order valence-electron chi connectivity index (χ4n) is 1.18. The van der Waals surface area contributed by atoms with Gasteiger partial charge in [0.15, 0.2) is 0 Å². The van der Waals surface area contributed by atoms with Crippen LogP contribution in [-0.4, -0.2) is 37.9 Å². The second kappa shape index (κ2) is 7.63. The van der Waals surface area contributed by atoms with Crippen LogP contribution in [-0.2, 0) is 14.3 Å². The Morgan fingerprint density at radius 1 is 1.38 bits per heavy atom. The number of ether oxygens (including phenoxy) is 2. The van der Waals surface area contributed by atoms with Gasteiger partial charge in [-0.1, -0.05) is 6.92 Å². The Labute approximate surface area is 98.7 Å². The molecule has 0 radical (unpaired) electrons. The van der Waals surface area contributed by atoms with Crippen molar-refractivity contribution in [1.82, 2.24) is 5.32 Å². The highest BCUT2D eigenvalue weighted by Crippen LogP contribution is 2.14. The molecule has 1 N–H and O–H groups in total. The molecule has 0 saturated heterocycles. The normalized spacial score (nSPS) is 13.6. The zero-order valence-electron chi connectivity index (χ0n) is 11.1. The maximum atomic E-state index is 11.5. The van der Waals surface area contributed by atoms with E-state index in [1.807, 2.05) is 13.8 Å². The third kappa shape index (κ3) is 6.08. The van der Waals surface area contributed by atoms with Crippen LogP contribution in [0.1, 0.15) is 40.5 Å². The molecule has 1 unspecified atom stereocenters. The third-order valence-corrected chi connectivity index (χ3v) is 2.67. The van der Waals surface area contributed by atoms with Gasteiger partial charge in [0.05, 0.1) is 12.2 Å². The molecule has 4 heteroatoms. The smallest absolute Gasteiger partial charge is 0.323 e. The number of carbonyl (C=O) groups excluding carboxylic acids is 1. The predicted molar refractivity (Wildman–Crippen MR) is 64.4 cm³/mol. The van der Waals surface area contributed by atoms with E-state index in [1.54, 1.807) is 14.0 Å². The summed E-state index contributed by atoms with van der Waals surface area (Å²) in [5.74, 6) is -0.206. The monoisotopic (exact) mass is 231 g/mol. The molecule has 0 rings (SSSR count). The molecule has 0 aromatic carbocycles. The van der Waals surface area contributed by atoms with Crippen LogP contribution in [0.4, 0.5) is 0 Å². The Kier molecular flexibility index (Phi) is 7.34. The van der Waals surface area contributed by atoms with E-state index in [4.69, 9.17) is 9.47 Å². The van der Waals surface area contributed by atoms with Crippen LogP contribution >= 0.6 is 0 Å². The van der Waals surface area contributed by atoms with Crippen molar-refractivity contribution in [2.24, 2.45) is 0 Å². The van der Waals surface area contributed by atoms with Crippen LogP contribution in [0.5, 0.6) is 0 Å². The van der Waals surface area contributed by atoms with Crippen LogP contribution in [0.3, 0.4) is 0 Å². The lowest BCUT2D eigenvalue weighted by atomic mass is 10.1. The van der Waals surface area contributed by atoms with Crippen molar-refractivity contribution in [2.75, 3.05) is 20.3 Å². The fourth-order valence-corrected chi connectivity index (χ4v) is 1.18. The van der Waals surface area contributed by atoms with Gasteiger partial charge in [-0.2, -0.15) is 0 Å². The summed E-state index contributed by atoms with van der Waals surface area (Å²) in [7, 11) is 1.76. The molecule has 0 bridgehead atoms. The highest BCUT2D eigenvalue weighted by molar-refractivity contribution is 5.75. The summed E-state index contributed by atoms with van der Waals surface area (Å²) in [6.07, 6.45) is 1.59.